The van der Waals surface area contributed by atoms with E-state index in [1.807, 2.05) is 0 Å². The minimum Gasteiger partial charge on any atom is -0.385 e. The highest BCUT2D eigenvalue weighted by Gasteiger charge is 2.29. The van der Waals surface area contributed by atoms with Crippen LogP contribution in [-0.2, 0) is 14.0 Å². The Morgan fingerprint density at radius 3 is 2.40 bits per heavy atom. The molecule has 2 aliphatic heterocycles. The molecule has 0 spiro atoms. The van der Waals surface area contributed by atoms with Gasteiger partial charge in [0.15, 0.2) is 0 Å². The van der Waals surface area contributed by atoms with Gasteiger partial charge in [-0.05, 0) is 0 Å². The first-order valence-electron chi connectivity index (χ1n) is 3.52. The Labute approximate surface area is 60.2 Å². The molecule has 56 valence electrons. The van der Waals surface area contributed by atoms with E-state index in [1.54, 1.807) is 0 Å². The van der Waals surface area contributed by atoms with Crippen molar-refractivity contribution >= 4 is 7.32 Å². The molecule has 0 unspecified atom stereocenters. The zero-order valence-corrected chi connectivity index (χ0v) is 5.78. The summed E-state index contributed by atoms with van der Waals surface area (Å²) in [4.78, 5) is 2.17. The lowest BCUT2D eigenvalue weighted by Crippen LogP contribution is -2.31. The predicted octanol–water partition coefficient (Wildman–Crippen LogP) is -0.692. The summed E-state index contributed by atoms with van der Waals surface area (Å²) in [5.41, 5.74) is 0. The van der Waals surface area contributed by atoms with Crippen LogP contribution >= 0.6 is 0 Å². The monoisotopic (exact) mass is 143 g/mol. The van der Waals surface area contributed by atoms with E-state index in [4.69, 9.17) is 14.0 Å². The van der Waals surface area contributed by atoms with Crippen molar-refractivity contribution in [3.05, 3.63) is 0 Å². The van der Waals surface area contributed by atoms with Gasteiger partial charge in [0.25, 0.3) is 0 Å². The topological polar surface area (TPSA) is 30.9 Å². The fourth-order valence-corrected chi connectivity index (χ4v) is 1.11. The third kappa shape index (κ3) is 1.32. The van der Waals surface area contributed by atoms with Gasteiger partial charge in [-0.15, -0.1) is 0 Å². The molecule has 0 radical (unpaired) electrons. The van der Waals surface area contributed by atoms with Crippen LogP contribution in [0.2, 0.25) is 0 Å². The third-order valence-electron chi connectivity index (χ3n) is 1.72. The van der Waals surface area contributed by atoms with Gasteiger partial charge in [-0.2, -0.15) is 0 Å². The average molecular weight is 143 g/mol. The van der Waals surface area contributed by atoms with Crippen molar-refractivity contribution in [1.29, 1.82) is 0 Å². The molecule has 0 aromatic rings. The first-order valence-corrected chi connectivity index (χ1v) is 3.52. The van der Waals surface area contributed by atoms with Crippen LogP contribution in [-0.4, -0.2) is 45.3 Å². The Kier molecular flexibility index (Phi) is 1.90. The van der Waals surface area contributed by atoms with Gasteiger partial charge in [0.2, 0.25) is 0 Å². The summed E-state index contributed by atoms with van der Waals surface area (Å²) in [6.45, 7) is 3.99. The Morgan fingerprint density at radius 2 is 1.70 bits per heavy atom. The van der Waals surface area contributed by atoms with E-state index in [0.717, 1.165) is 13.1 Å². The molecule has 2 fully saturated rings. The predicted molar refractivity (Wildman–Crippen MR) is 35.2 cm³/mol. The van der Waals surface area contributed by atoms with Crippen molar-refractivity contribution < 1.29 is 14.0 Å². The van der Waals surface area contributed by atoms with Gasteiger partial charge in [0, 0.05) is 26.3 Å². The van der Waals surface area contributed by atoms with Crippen molar-refractivity contribution in [2.24, 2.45) is 0 Å². The molecule has 0 N–H and O–H groups in total. The summed E-state index contributed by atoms with van der Waals surface area (Å²) in [6.07, 6.45) is 0. The Morgan fingerprint density at radius 1 is 1.00 bits per heavy atom. The van der Waals surface area contributed by atoms with Gasteiger partial charge < -0.3 is 14.0 Å². The van der Waals surface area contributed by atoms with Crippen LogP contribution in [0, 0.1) is 0 Å². The second-order valence-electron chi connectivity index (χ2n) is 2.44. The maximum atomic E-state index is 5.21. The van der Waals surface area contributed by atoms with Crippen molar-refractivity contribution in [2.75, 3.05) is 33.0 Å². The van der Waals surface area contributed by atoms with E-state index in [2.05, 4.69) is 4.90 Å². The highest BCUT2D eigenvalue weighted by atomic mass is 16.7. The first kappa shape index (κ1) is 6.60. The van der Waals surface area contributed by atoms with Gasteiger partial charge in [-0.1, -0.05) is 0 Å². The molecule has 0 atom stereocenters. The molecule has 4 nitrogen and oxygen atoms in total. The Hall–Kier alpha value is -0.0951. The smallest absolute Gasteiger partial charge is 0.385 e. The second kappa shape index (κ2) is 2.88. The van der Waals surface area contributed by atoms with Gasteiger partial charge in [0.05, 0.1) is 6.73 Å². The molecule has 2 saturated heterocycles. The van der Waals surface area contributed by atoms with Crippen molar-refractivity contribution in [2.45, 2.75) is 0 Å². The SMILES string of the molecule is C1CN2CCOB(O1)OC2. The maximum absolute atomic E-state index is 5.21. The lowest BCUT2D eigenvalue weighted by molar-refractivity contribution is 0.128. The largest absolute Gasteiger partial charge is 0.640 e. The Balaban J connectivity index is 2.01. The van der Waals surface area contributed by atoms with Crippen LogP contribution in [0.25, 0.3) is 0 Å². The van der Waals surface area contributed by atoms with E-state index < -0.39 is 7.32 Å². The summed E-state index contributed by atoms with van der Waals surface area (Å²) in [6, 6.07) is 0. The van der Waals surface area contributed by atoms with E-state index in [0.29, 0.717) is 19.9 Å². The lowest BCUT2D eigenvalue weighted by Gasteiger charge is -2.16. The van der Waals surface area contributed by atoms with E-state index in [1.165, 1.54) is 0 Å². The molecule has 2 bridgehead atoms. The minimum absolute atomic E-state index is 0.410. The van der Waals surface area contributed by atoms with Gasteiger partial charge >= 0.3 is 7.32 Å². The van der Waals surface area contributed by atoms with Crippen LogP contribution in [0.5, 0.6) is 0 Å². The molecular formula is C5H10BNO3. The molecule has 0 aliphatic carbocycles. The number of fused-ring (bicyclic) bond motifs is 3. The summed E-state index contributed by atoms with van der Waals surface area (Å²) < 4.78 is 15.6. The van der Waals surface area contributed by atoms with Gasteiger partial charge in [-0.3, -0.25) is 4.90 Å². The van der Waals surface area contributed by atoms with Crippen LogP contribution in [0.15, 0.2) is 0 Å². The normalized spacial score (nSPS) is 28.2. The number of hydrogen-bond donors (Lipinski definition) is 0. The molecular weight excluding hydrogens is 133 g/mol. The molecule has 0 aromatic heterocycles. The number of rotatable bonds is 0. The van der Waals surface area contributed by atoms with Crippen LogP contribution in [0.3, 0.4) is 0 Å². The van der Waals surface area contributed by atoms with Crippen LogP contribution in [0.4, 0.5) is 0 Å². The van der Waals surface area contributed by atoms with Crippen LogP contribution < -0.4 is 0 Å². The second-order valence-corrected chi connectivity index (χ2v) is 2.44. The summed E-state index contributed by atoms with van der Waals surface area (Å²) in [5.74, 6) is 0. The lowest BCUT2D eigenvalue weighted by atomic mass is 10.2. The average Bonchev–Trinajstić information content (AvgIpc) is 2.17. The molecule has 0 aromatic carbocycles. The molecule has 0 saturated carbocycles. The zero-order valence-electron chi connectivity index (χ0n) is 5.78. The van der Waals surface area contributed by atoms with E-state index in [-0.39, 0.29) is 0 Å². The zero-order chi connectivity index (χ0) is 6.81. The van der Waals surface area contributed by atoms with E-state index in [9.17, 15) is 0 Å². The third-order valence-corrected chi connectivity index (χ3v) is 1.72. The molecule has 2 heterocycles. The number of nitrogens with zero attached hydrogens (tertiary/aromatic N) is 1. The standard InChI is InChI=1S/C5H10BNO3/c1-3-8-6-9-4-2-7(1)5-10-6/h1-5H2. The summed E-state index contributed by atoms with van der Waals surface area (Å²) >= 11 is 0. The first-order chi connectivity index (χ1) is 4.95. The fraction of sp³-hybridized carbons (Fsp3) is 1.00. The molecule has 10 heavy (non-hydrogen) atoms. The van der Waals surface area contributed by atoms with E-state index >= 15 is 0 Å². The minimum atomic E-state index is -0.410. The molecule has 2 rings (SSSR count). The quantitative estimate of drug-likeness (QED) is 0.420. The number of hydrogen-bond acceptors (Lipinski definition) is 4. The van der Waals surface area contributed by atoms with Crippen molar-refractivity contribution in [1.82, 2.24) is 4.90 Å². The van der Waals surface area contributed by atoms with Gasteiger partial charge in [-0.25, -0.2) is 0 Å². The highest BCUT2D eigenvalue weighted by Crippen LogP contribution is 2.05. The summed E-state index contributed by atoms with van der Waals surface area (Å²) in [7, 11) is -0.410. The molecule has 2 aliphatic rings. The highest BCUT2D eigenvalue weighted by molar-refractivity contribution is 6.36. The van der Waals surface area contributed by atoms with Crippen molar-refractivity contribution in [3.63, 3.8) is 0 Å². The fourth-order valence-electron chi connectivity index (χ4n) is 1.11. The Bertz CT molecular complexity index is 101. The molecule has 5 heteroatoms. The molecule has 0 amide bonds. The summed E-state index contributed by atoms with van der Waals surface area (Å²) in [5, 5.41) is 0. The van der Waals surface area contributed by atoms with Crippen molar-refractivity contribution in [3.8, 4) is 0 Å². The maximum Gasteiger partial charge on any atom is 0.640 e. The van der Waals surface area contributed by atoms with Crippen LogP contribution in [0.1, 0.15) is 0 Å². The van der Waals surface area contributed by atoms with Gasteiger partial charge in [0.1, 0.15) is 0 Å².